The van der Waals surface area contributed by atoms with Gasteiger partial charge in [-0.2, -0.15) is 5.10 Å². The molecule has 9 nitrogen and oxygen atoms in total. The molecule has 1 amide bonds. The maximum absolute atomic E-state index is 11.8. The Kier molecular flexibility index (Phi) is 6.02. The molecule has 3 rings (SSSR count). The fourth-order valence-corrected chi connectivity index (χ4v) is 2.70. The van der Waals surface area contributed by atoms with E-state index in [0.717, 1.165) is 17.8 Å². The number of thioether (sulfide) groups is 1. The number of nitrogens with one attached hydrogen (secondary N) is 1. The summed E-state index contributed by atoms with van der Waals surface area (Å²) in [5.74, 6) is -1.22. The molecule has 1 aliphatic rings. The van der Waals surface area contributed by atoms with Gasteiger partial charge in [0.1, 0.15) is 5.75 Å². The highest BCUT2D eigenvalue weighted by molar-refractivity contribution is 8.18. The molecule has 0 saturated carbocycles. The van der Waals surface area contributed by atoms with E-state index in [1.165, 1.54) is 25.7 Å². The number of hydrogen-bond acceptors (Lipinski definition) is 9. The van der Waals surface area contributed by atoms with Gasteiger partial charge in [0.05, 0.1) is 24.5 Å². The quantitative estimate of drug-likeness (QED) is 0.269. The zero-order valence-electron chi connectivity index (χ0n) is 14.4. The van der Waals surface area contributed by atoms with Crippen LogP contribution in [0.5, 0.6) is 5.75 Å². The van der Waals surface area contributed by atoms with Crippen LogP contribution >= 0.6 is 11.8 Å². The average Bonchev–Trinajstić information content (AvgIpc) is 3.34. The van der Waals surface area contributed by atoms with Gasteiger partial charge in [-0.3, -0.25) is 10.1 Å². The monoisotopic (exact) mass is 399 g/mol. The third-order valence-corrected chi connectivity index (χ3v) is 4.17. The number of rotatable bonds is 5. The zero-order chi connectivity index (χ0) is 19.9. The minimum absolute atomic E-state index is 0.109. The first kappa shape index (κ1) is 19.1. The molecule has 1 aromatic carbocycles. The van der Waals surface area contributed by atoms with Gasteiger partial charge in [0.2, 0.25) is 5.76 Å². The molecule has 1 aliphatic heterocycles. The molecule has 2 aromatic rings. The Bertz CT molecular complexity index is 977. The highest BCUT2D eigenvalue weighted by Gasteiger charge is 2.24. The molecule has 10 heteroatoms. The Hall–Kier alpha value is -3.66. The van der Waals surface area contributed by atoms with E-state index in [4.69, 9.17) is 9.15 Å². The second kappa shape index (κ2) is 8.82. The summed E-state index contributed by atoms with van der Waals surface area (Å²) in [5.41, 5.74) is 0.696. The lowest BCUT2D eigenvalue weighted by atomic mass is 10.2. The van der Waals surface area contributed by atoms with Crippen molar-refractivity contribution in [3.05, 3.63) is 65.0 Å². The molecule has 1 fully saturated rings. The fourth-order valence-electron chi connectivity index (χ4n) is 1.96. The van der Waals surface area contributed by atoms with Crippen LogP contribution in [-0.4, -0.2) is 36.3 Å². The molecule has 1 N–H and O–H groups in total. The van der Waals surface area contributed by atoms with Gasteiger partial charge in [-0.05, 0) is 53.7 Å². The highest BCUT2D eigenvalue weighted by Crippen LogP contribution is 2.23. The van der Waals surface area contributed by atoms with Crippen LogP contribution in [0.4, 0.5) is 0 Å². The highest BCUT2D eigenvalue weighted by atomic mass is 32.2. The van der Waals surface area contributed by atoms with E-state index in [9.17, 15) is 14.4 Å². The van der Waals surface area contributed by atoms with Crippen LogP contribution in [0.15, 0.2) is 68.3 Å². The number of ether oxygens (including phenoxy) is 2. The van der Waals surface area contributed by atoms with E-state index in [2.05, 4.69) is 20.3 Å². The predicted molar refractivity (Wildman–Crippen MR) is 101 cm³/mol. The van der Waals surface area contributed by atoms with Gasteiger partial charge in [0.25, 0.3) is 5.91 Å². The van der Waals surface area contributed by atoms with Gasteiger partial charge in [-0.25, -0.2) is 9.59 Å². The number of furan rings is 1. The van der Waals surface area contributed by atoms with Gasteiger partial charge in [-0.1, -0.05) is 0 Å². The number of carbonyl (C=O) groups is 3. The van der Waals surface area contributed by atoms with E-state index in [1.54, 1.807) is 30.3 Å². The van der Waals surface area contributed by atoms with Crippen molar-refractivity contribution in [2.75, 3.05) is 7.11 Å². The van der Waals surface area contributed by atoms with Crippen LogP contribution in [0, 0.1) is 0 Å². The van der Waals surface area contributed by atoms with Crippen molar-refractivity contribution in [3.8, 4) is 5.75 Å². The Morgan fingerprint density at radius 1 is 1.21 bits per heavy atom. The summed E-state index contributed by atoms with van der Waals surface area (Å²) in [5, 5.41) is 10.5. The summed E-state index contributed by atoms with van der Waals surface area (Å²) in [7, 11) is 1.22. The normalized spacial score (nSPS) is 16.5. The second-order valence-electron chi connectivity index (χ2n) is 5.17. The first-order chi connectivity index (χ1) is 13.5. The fraction of sp³-hybridized carbons (Fsp3) is 0.0556. The van der Waals surface area contributed by atoms with Crippen molar-refractivity contribution in [3.63, 3.8) is 0 Å². The number of methoxy groups -OCH3 is 1. The van der Waals surface area contributed by atoms with E-state index >= 15 is 0 Å². The molecule has 0 radical (unpaired) electrons. The lowest BCUT2D eigenvalue weighted by Gasteiger charge is -2.02. The van der Waals surface area contributed by atoms with Crippen LogP contribution in [0.1, 0.15) is 16.1 Å². The second-order valence-corrected chi connectivity index (χ2v) is 6.20. The smallest absolute Gasteiger partial charge is 0.379 e. The average molecular weight is 399 g/mol. The molecule has 28 heavy (non-hydrogen) atoms. The summed E-state index contributed by atoms with van der Waals surface area (Å²) in [4.78, 5) is 34.8. The number of amides is 1. The van der Waals surface area contributed by atoms with Gasteiger partial charge >= 0.3 is 11.9 Å². The Morgan fingerprint density at radius 3 is 2.68 bits per heavy atom. The molecule has 0 bridgehead atoms. The zero-order valence-corrected chi connectivity index (χ0v) is 15.3. The molecule has 0 spiro atoms. The topological polar surface area (TPSA) is 120 Å². The summed E-state index contributed by atoms with van der Waals surface area (Å²) in [6.45, 7) is 0. The lowest BCUT2D eigenvalue weighted by Crippen LogP contribution is -2.19. The standard InChI is InChI=1S/C18H13N3O6S/c1-25-15(22)9-14-16(23)20-18(28-14)21-19-10-11-4-6-12(7-5-11)27-17(24)13-3-2-8-26-13/h2-10H,1H3,(H,20,21,23)/b14-9+,19-10?. The summed E-state index contributed by atoms with van der Waals surface area (Å²) >= 11 is 0.975. The van der Waals surface area contributed by atoms with Crippen molar-refractivity contribution >= 4 is 41.0 Å². The third-order valence-electron chi connectivity index (χ3n) is 3.27. The van der Waals surface area contributed by atoms with E-state index < -0.39 is 17.8 Å². The molecule has 0 aliphatic carbocycles. The molecular weight excluding hydrogens is 386 g/mol. The molecule has 2 heterocycles. The number of carbonyl (C=O) groups excluding carboxylic acids is 3. The molecule has 1 aromatic heterocycles. The summed E-state index contributed by atoms with van der Waals surface area (Å²) in [6, 6.07) is 9.65. The number of benzene rings is 1. The van der Waals surface area contributed by atoms with Crippen LogP contribution in [0.25, 0.3) is 0 Å². The minimum Gasteiger partial charge on any atom is -0.466 e. The maximum atomic E-state index is 11.8. The molecule has 142 valence electrons. The SMILES string of the molecule is COC(=O)/C=C1/S/C(=N\N=Cc2ccc(OC(=O)c3ccco3)cc2)NC1=O. The molecule has 0 unspecified atom stereocenters. The van der Waals surface area contributed by atoms with Gasteiger partial charge in [-0.15, -0.1) is 5.10 Å². The molecular formula is C18H13N3O6S. The van der Waals surface area contributed by atoms with Crippen LogP contribution < -0.4 is 10.1 Å². The maximum Gasteiger partial charge on any atom is 0.379 e. The lowest BCUT2D eigenvalue weighted by molar-refractivity contribution is -0.135. The minimum atomic E-state index is -0.629. The van der Waals surface area contributed by atoms with Crippen LogP contribution in [-0.2, 0) is 14.3 Å². The van der Waals surface area contributed by atoms with Crippen LogP contribution in [0.2, 0.25) is 0 Å². The Labute approximate surface area is 163 Å². The van der Waals surface area contributed by atoms with Crippen LogP contribution in [0.3, 0.4) is 0 Å². The Morgan fingerprint density at radius 2 is 2.00 bits per heavy atom. The molecule has 1 saturated heterocycles. The van der Waals surface area contributed by atoms with E-state index in [1.807, 2.05) is 0 Å². The largest absolute Gasteiger partial charge is 0.466 e. The van der Waals surface area contributed by atoms with Crippen molar-refractivity contribution in [1.82, 2.24) is 5.32 Å². The van der Waals surface area contributed by atoms with Gasteiger partial charge in [0, 0.05) is 6.08 Å². The van der Waals surface area contributed by atoms with Crippen molar-refractivity contribution in [1.29, 1.82) is 0 Å². The van der Waals surface area contributed by atoms with E-state index in [0.29, 0.717) is 11.3 Å². The number of esters is 2. The van der Waals surface area contributed by atoms with Gasteiger partial charge < -0.3 is 13.9 Å². The van der Waals surface area contributed by atoms with E-state index in [-0.39, 0.29) is 15.8 Å². The third kappa shape index (κ3) is 4.95. The predicted octanol–water partition coefficient (Wildman–Crippen LogP) is 2.11. The van der Waals surface area contributed by atoms with Crippen molar-refractivity contribution in [2.45, 2.75) is 0 Å². The summed E-state index contributed by atoms with van der Waals surface area (Å²) < 4.78 is 14.6. The number of nitrogens with zero attached hydrogens (tertiary/aromatic N) is 2. The first-order valence-corrected chi connectivity index (χ1v) is 8.62. The Balaban J connectivity index is 1.58. The van der Waals surface area contributed by atoms with Crippen molar-refractivity contribution < 1.29 is 28.3 Å². The number of hydrogen-bond donors (Lipinski definition) is 1. The summed E-state index contributed by atoms with van der Waals surface area (Å²) in [6.07, 6.45) is 3.92. The molecule has 0 atom stereocenters. The van der Waals surface area contributed by atoms with Gasteiger partial charge in [0.15, 0.2) is 5.17 Å². The first-order valence-electron chi connectivity index (χ1n) is 7.81. The number of amidine groups is 1. The van der Waals surface area contributed by atoms with Crippen molar-refractivity contribution in [2.24, 2.45) is 10.2 Å².